The Morgan fingerprint density at radius 2 is 2.28 bits per heavy atom. The third-order valence-electron chi connectivity index (χ3n) is 2.52. The molecule has 9 heteroatoms. The Hall–Kier alpha value is -1.25. The van der Waals surface area contributed by atoms with Gasteiger partial charge in [-0.1, -0.05) is 11.6 Å². The van der Waals surface area contributed by atoms with E-state index < -0.39 is 10.0 Å². The number of hydrogen-bond acceptors (Lipinski definition) is 5. The minimum atomic E-state index is -3.59. The lowest BCUT2D eigenvalue weighted by Crippen LogP contribution is -2.28. The number of anilines is 1. The molecular formula is C9H11ClN4O3S. The van der Waals surface area contributed by atoms with E-state index in [9.17, 15) is 13.2 Å². The molecule has 1 atom stereocenters. The largest absolute Gasteiger partial charge is 0.280 e. The minimum absolute atomic E-state index is 0.117. The lowest BCUT2D eigenvalue weighted by atomic mass is 10.1. The van der Waals surface area contributed by atoms with Crippen LogP contribution in [0, 0.1) is 5.92 Å². The van der Waals surface area contributed by atoms with E-state index >= 15 is 0 Å². The fourth-order valence-electron chi connectivity index (χ4n) is 1.87. The monoisotopic (exact) mass is 290 g/mol. The van der Waals surface area contributed by atoms with Gasteiger partial charge >= 0.3 is 0 Å². The summed E-state index contributed by atoms with van der Waals surface area (Å²) in [4.78, 5) is 20.9. The normalized spacial score (nSPS) is 20.4. The molecular weight excluding hydrogens is 280 g/mol. The Morgan fingerprint density at radius 3 is 2.89 bits per heavy atom. The van der Waals surface area contributed by atoms with Gasteiger partial charge < -0.3 is 0 Å². The van der Waals surface area contributed by atoms with Crippen LogP contribution in [0.3, 0.4) is 0 Å². The van der Waals surface area contributed by atoms with Crippen LogP contribution in [0.1, 0.15) is 6.42 Å². The summed E-state index contributed by atoms with van der Waals surface area (Å²) in [7, 11) is -3.59. The average Bonchev–Trinajstić information content (AvgIpc) is 2.56. The lowest BCUT2D eigenvalue weighted by molar-refractivity contribution is -0.117. The molecule has 0 spiro atoms. The summed E-state index contributed by atoms with van der Waals surface area (Å²) in [6.07, 6.45) is 1.55. The van der Waals surface area contributed by atoms with Crippen molar-refractivity contribution in [2.45, 2.75) is 6.42 Å². The number of nitrogens with two attached hydrogens (primary N) is 1. The van der Waals surface area contributed by atoms with Crippen LogP contribution in [-0.2, 0) is 14.8 Å². The summed E-state index contributed by atoms with van der Waals surface area (Å²) in [5.41, 5.74) is 0. The maximum atomic E-state index is 11.7. The van der Waals surface area contributed by atoms with Gasteiger partial charge in [0.1, 0.15) is 5.15 Å². The zero-order chi connectivity index (χ0) is 13.3. The standard InChI is InChI=1S/C9H11ClN4O3S/c10-7-1-2-12-9(13-7)14-4-6(3-8(14)15)5-18(11,16)17/h1-2,6H,3-5H2,(H2,11,16,17). The Bertz CT molecular complexity index is 577. The van der Waals surface area contributed by atoms with Crippen molar-refractivity contribution in [2.24, 2.45) is 11.1 Å². The molecule has 2 heterocycles. The van der Waals surface area contributed by atoms with Crippen molar-refractivity contribution < 1.29 is 13.2 Å². The Labute approximate surface area is 109 Å². The molecule has 1 aromatic heterocycles. The first kappa shape index (κ1) is 13.2. The van der Waals surface area contributed by atoms with Gasteiger partial charge in [-0.25, -0.2) is 23.5 Å². The van der Waals surface area contributed by atoms with Gasteiger partial charge in [0.05, 0.1) is 5.75 Å². The van der Waals surface area contributed by atoms with Crippen molar-refractivity contribution in [3.05, 3.63) is 17.4 Å². The quantitative estimate of drug-likeness (QED) is 0.774. The summed E-state index contributed by atoms with van der Waals surface area (Å²) >= 11 is 5.71. The molecule has 1 aliphatic heterocycles. The highest BCUT2D eigenvalue weighted by atomic mass is 35.5. The average molecular weight is 291 g/mol. The maximum Gasteiger partial charge on any atom is 0.233 e. The van der Waals surface area contributed by atoms with E-state index in [1.54, 1.807) is 0 Å². The van der Waals surface area contributed by atoms with E-state index in [1.807, 2.05) is 0 Å². The van der Waals surface area contributed by atoms with Crippen LogP contribution in [0.4, 0.5) is 5.95 Å². The van der Waals surface area contributed by atoms with Crippen molar-refractivity contribution in [2.75, 3.05) is 17.2 Å². The maximum absolute atomic E-state index is 11.7. The molecule has 0 radical (unpaired) electrons. The number of aromatic nitrogens is 2. The predicted octanol–water partition coefficient (Wildman–Crippen LogP) is -0.229. The first-order valence-corrected chi connectivity index (χ1v) is 7.24. The molecule has 0 saturated carbocycles. The van der Waals surface area contributed by atoms with Crippen LogP contribution in [-0.4, -0.2) is 36.6 Å². The van der Waals surface area contributed by atoms with Gasteiger partial charge in [0.2, 0.25) is 21.9 Å². The summed E-state index contributed by atoms with van der Waals surface area (Å²) in [6, 6.07) is 1.49. The van der Waals surface area contributed by atoms with Crippen LogP contribution in [0.15, 0.2) is 12.3 Å². The highest BCUT2D eigenvalue weighted by Gasteiger charge is 2.34. The number of amides is 1. The number of nitrogens with zero attached hydrogens (tertiary/aromatic N) is 3. The van der Waals surface area contributed by atoms with Crippen LogP contribution in [0.25, 0.3) is 0 Å². The van der Waals surface area contributed by atoms with Crippen molar-refractivity contribution in [3.63, 3.8) is 0 Å². The molecule has 1 unspecified atom stereocenters. The summed E-state index contributed by atoms with van der Waals surface area (Å²) in [5.74, 6) is -0.610. The number of primary sulfonamides is 1. The second kappa shape index (κ2) is 4.79. The topological polar surface area (TPSA) is 106 Å². The number of hydrogen-bond donors (Lipinski definition) is 1. The van der Waals surface area contributed by atoms with Gasteiger partial charge in [0, 0.05) is 25.1 Å². The number of carbonyl (C=O) groups is 1. The van der Waals surface area contributed by atoms with Gasteiger partial charge in [-0.2, -0.15) is 0 Å². The van der Waals surface area contributed by atoms with Crippen LogP contribution in [0.5, 0.6) is 0 Å². The number of carbonyl (C=O) groups excluding carboxylic acids is 1. The second-order valence-corrected chi connectivity index (χ2v) is 6.13. The van der Waals surface area contributed by atoms with Crippen LogP contribution >= 0.6 is 11.6 Å². The summed E-state index contributed by atoms with van der Waals surface area (Å²) in [5, 5.41) is 5.18. The van der Waals surface area contributed by atoms with E-state index in [0.29, 0.717) is 0 Å². The summed E-state index contributed by atoms with van der Waals surface area (Å²) in [6.45, 7) is 0.232. The highest BCUT2D eigenvalue weighted by molar-refractivity contribution is 7.89. The van der Waals surface area contributed by atoms with E-state index in [2.05, 4.69) is 9.97 Å². The molecule has 1 saturated heterocycles. The van der Waals surface area contributed by atoms with E-state index in [1.165, 1.54) is 17.2 Å². The smallest absolute Gasteiger partial charge is 0.233 e. The summed E-state index contributed by atoms with van der Waals surface area (Å²) < 4.78 is 22.0. The molecule has 0 aliphatic carbocycles. The molecule has 1 aliphatic rings. The molecule has 7 nitrogen and oxygen atoms in total. The molecule has 0 bridgehead atoms. The van der Waals surface area contributed by atoms with Gasteiger partial charge in [-0.05, 0) is 6.07 Å². The molecule has 2 rings (SSSR count). The van der Waals surface area contributed by atoms with Crippen molar-refractivity contribution in [1.29, 1.82) is 0 Å². The van der Waals surface area contributed by atoms with E-state index in [-0.39, 0.29) is 41.6 Å². The first-order valence-electron chi connectivity index (χ1n) is 5.14. The van der Waals surface area contributed by atoms with Gasteiger partial charge in [-0.3, -0.25) is 9.69 Å². The molecule has 0 aromatic carbocycles. The third-order valence-corrected chi connectivity index (χ3v) is 3.67. The van der Waals surface area contributed by atoms with Crippen LogP contribution < -0.4 is 10.0 Å². The first-order chi connectivity index (χ1) is 8.35. The van der Waals surface area contributed by atoms with Crippen molar-refractivity contribution >= 4 is 33.5 Å². The number of halogens is 1. The molecule has 1 fully saturated rings. The molecule has 1 aromatic rings. The fourth-order valence-corrected chi connectivity index (χ4v) is 2.88. The zero-order valence-electron chi connectivity index (χ0n) is 9.28. The highest BCUT2D eigenvalue weighted by Crippen LogP contribution is 2.23. The lowest BCUT2D eigenvalue weighted by Gasteiger charge is -2.13. The SMILES string of the molecule is NS(=O)(=O)CC1CC(=O)N(c2nccc(Cl)n2)C1. The minimum Gasteiger partial charge on any atom is -0.280 e. The van der Waals surface area contributed by atoms with Gasteiger partial charge in [-0.15, -0.1) is 0 Å². The molecule has 1 amide bonds. The molecule has 2 N–H and O–H groups in total. The van der Waals surface area contributed by atoms with Crippen molar-refractivity contribution in [1.82, 2.24) is 9.97 Å². The Morgan fingerprint density at radius 1 is 1.56 bits per heavy atom. The fraction of sp³-hybridized carbons (Fsp3) is 0.444. The van der Waals surface area contributed by atoms with Gasteiger partial charge in [0.15, 0.2) is 0 Å². The van der Waals surface area contributed by atoms with Crippen LogP contribution in [0.2, 0.25) is 5.15 Å². The second-order valence-electron chi connectivity index (χ2n) is 4.08. The van der Waals surface area contributed by atoms with E-state index in [0.717, 1.165) is 0 Å². The Kier molecular flexibility index (Phi) is 3.51. The number of sulfonamides is 1. The number of rotatable bonds is 3. The molecule has 98 valence electrons. The molecule has 18 heavy (non-hydrogen) atoms. The van der Waals surface area contributed by atoms with E-state index in [4.69, 9.17) is 16.7 Å². The third kappa shape index (κ3) is 3.15. The Balaban J connectivity index is 2.15. The predicted molar refractivity (Wildman–Crippen MR) is 65.5 cm³/mol. The van der Waals surface area contributed by atoms with Gasteiger partial charge in [0.25, 0.3) is 0 Å². The van der Waals surface area contributed by atoms with Crippen molar-refractivity contribution in [3.8, 4) is 0 Å². The zero-order valence-corrected chi connectivity index (χ0v) is 10.9.